The number of nitrogens with zero attached hydrogens (tertiary/aromatic N) is 1. The molecule has 0 aromatic carbocycles. The van der Waals surface area contributed by atoms with Gasteiger partial charge in [-0.2, -0.15) is 5.26 Å². The summed E-state index contributed by atoms with van der Waals surface area (Å²) in [5, 5.41) is 8.48. The fraction of sp³-hybridized carbons (Fsp3) is 0.923. The maximum atomic E-state index is 8.48. The maximum Gasteiger partial charge on any atom is 0.141 e. The van der Waals surface area contributed by atoms with Crippen molar-refractivity contribution in [1.82, 2.24) is 0 Å². The Kier molecular flexibility index (Phi) is 9.62. The number of ether oxygens (including phenoxy) is 1. The minimum atomic E-state index is -0.244. The van der Waals surface area contributed by atoms with Crippen molar-refractivity contribution in [2.24, 2.45) is 5.92 Å². The Morgan fingerprint density at radius 2 is 1.60 bits per heavy atom. The summed E-state index contributed by atoms with van der Waals surface area (Å²) in [7, 11) is 0. The Morgan fingerprint density at radius 3 is 2.20 bits per heavy atom. The molecule has 0 bridgehead atoms. The molecular weight excluding hydrogens is 186 g/mol. The predicted molar refractivity (Wildman–Crippen MR) is 63.6 cm³/mol. The molecule has 0 saturated carbocycles. The Bertz CT molecular complexity index is 172. The van der Waals surface area contributed by atoms with E-state index in [4.69, 9.17) is 10.00 Å². The summed E-state index contributed by atoms with van der Waals surface area (Å²) < 4.78 is 5.27. The van der Waals surface area contributed by atoms with E-state index in [9.17, 15) is 0 Å². The van der Waals surface area contributed by atoms with Crippen LogP contribution in [0.3, 0.4) is 0 Å². The third-order valence-corrected chi connectivity index (χ3v) is 2.48. The van der Waals surface area contributed by atoms with Crippen LogP contribution in [0.1, 0.15) is 59.3 Å². The first-order valence-corrected chi connectivity index (χ1v) is 6.18. The van der Waals surface area contributed by atoms with E-state index in [1.54, 1.807) is 6.92 Å². The van der Waals surface area contributed by atoms with E-state index in [0.29, 0.717) is 0 Å². The average molecular weight is 211 g/mol. The molecule has 88 valence electrons. The first-order valence-electron chi connectivity index (χ1n) is 6.18. The molecule has 0 saturated heterocycles. The van der Waals surface area contributed by atoms with Gasteiger partial charge in [-0.15, -0.1) is 0 Å². The van der Waals surface area contributed by atoms with E-state index in [0.717, 1.165) is 18.9 Å². The Hall–Kier alpha value is -0.550. The molecule has 0 aromatic rings. The molecule has 0 rings (SSSR count). The maximum absolute atomic E-state index is 8.48. The number of nitriles is 1. The third kappa shape index (κ3) is 11.4. The van der Waals surface area contributed by atoms with Gasteiger partial charge in [-0.05, 0) is 19.3 Å². The van der Waals surface area contributed by atoms with Gasteiger partial charge in [-0.3, -0.25) is 0 Å². The monoisotopic (exact) mass is 211 g/mol. The van der Waals surface area contributed by atoms with Crippen LogP contribution in [0.4, 0.5) is 0 Å². The minimum absolute atomic E-state index is 0.244. The Morgan fingerprint density at radius 1 is 1.00 bits per heavy atom. The second-order valence-corrected chi connectivity index (χ2v) is 4.59. The molecule has 0 aliphatic heterocycles. The lowest BCUT2D eigenvalue weighted by Gasteiger charge is -2.06. The highest BCUT2D eigenvalue weighted by atomic mass is 16.5. The molecule has 0 radical (unpaired) electrons. The minimum Gasteiger partial charge on any atom is -0.364 e. The van der Waals surface area contributed by atoms with Crippen LogP contribution in [0.25, 0.3) is 0 Å². The highest BCUT2D eigenvalue weighted by Crippen LogP contribution is 2.10. The quantitative estimate of drug-likeness (QED) is 0.542. The molecule has 0 aliphatic carbocycles. The van der Waals surface area contributed by atoms with Gasteiger partial charge in [-0.25, -0.2) is 0 Å². The highest BCUT2D eigenvalue weighted by molar-refractivity contribution is 4.78. The van der Waals surface area contributed by atoms with Gasteiger partial charge in [0.2, 0.25) is 0 Å². The van der Waals surface area contributed by atoms with E-state index in [1.165, 1.54) is 32.1 Å². The van der Waals surface area contributed by atoms with Gasteiger partial charge in [0.15, 0.2) is 0 Å². The van der Waals surface area contributed by atoms with Gasteiger partial charge < -0.3 is 4.74 Å². The molecule has 1 unspecified atom stereocenters. The molecule has 0 spiro atoms. The van der Waals surface area contributed by atoms with E-state index in [1.807, 2.05) is 0 Å². The van der Waals surface area contributed by atoms with E-state index < -0.39 is 0 Å². The second-order valence-electron chi connectivity index (χ2n) is 4.59. The number of hydrogen-bond acceptors (Lipinski definition) is 2. The smallest absolute Gasteiger partial charge is 0.141 e. The van der Waals surface area contributed by atoms with E-state index in [2.05, 4.69) is 19.9 Å². The summed E-state index contributed by atoms with van der Waals surface area (Å²) in [5.74, 6) is 0.838. The van der Waals surface area contributed by atoms with E-state index >= 15 is 0 Å². The molecule has 0 aliphatic rings. The van der Waals surface area contributed by atoms with Crippen molar-refractivity contribution in [3.63, 3.8) is 0 Å². The van der Waals surface area contributed by atoms with E-state index in [-0.39, 0.29) is 6.10 Å². The summed E-state index contributed by atoms with van der Waals surface area (Å²) in [6, 6.07) is 2.07. The van der Waals surface area contributed by atoms with Crippen molar-refractivity contribution in [3.8, 4) is 6.07 Å². The van der Waals surface area contributed by atoms with Crippen LogP contribution in [-0.2, 0) is 4.74 Å². The molecule has 2 heteroatoms. The van der Waals surface area contributed by atoms with Gasteiger partial charge in [0, 0.05) is 6.61 Å². The highest BCUT2D eigenvalue weighted by Gasteiger charge is 1.98. The molecule has 0 heterocycles. The number of rotatable bonds is 9. The van der Waals surface area contributed by atoms with Gasteiger partial charge in [0.05, 0.1) is 6.07 Å². The largest absolute Gasteiger partial charge is 0.364 e. The summed E-state index contributed by atoms with van der Waals surface area (Å²) >= 11 is 0. The van der Waals surface area contributed by atoms with Gasteiger partial charge in [-0.1, -0.05) is 46.0 Å². The van der Waals surface area contributed by atoms with Crippen molar-refractivity contribution in [3.05, 3.63) is 0 Å². The zero-order chi connectivity index (χ0) is 11.5. The fourth-order valence-corrected chi connectivity index (χ4v) is 1.48. The molecule has 0 aromatic heterocycles. The zero-order valence-corrected chi connectivity index (χ0v) is 10.5. The summed E-state index contributed by atoms with van der Waals surface area (Å²) in [5.41, 5.74) is 0. The lowest BCUT2D eigenvalue weighted by atomic mass is 10.0. The van der Waals surface area contributed by atoms with Crippen LogP contribution in [-0.4, -0.2) is 12.7 Å². The third-order valence-electron chi connectivity index (χ3n) is 2.48. The molecule has 15 heavy (non-hydrogen) atoms. The van der Waals surface area contributed by atoms with Gasteiger partial charge in [0.1, 0.15) is 6.10 Å². The van der Waals surface area contributed by atoms with Crippen LogP contribution < -0.4 is 0 Å². The standard InChI is InChI=1S/C13H25NO/c1-12(2)9-7-5-4-6-8-10-15-13(3)11-14/h12-13H,4-10H2,1-3H3. The van der Waals surface area contributed by atoms with Crippen molar-refractivity contribution >= 4 is 0 Å². The molecule has 2 nitrogen and oxygen atoms in total. The van der Waals surface area contributed by atoms with Crippen molar-refractivity contribution < 1.29 is 4.74 Å². The van der Waals surface area contributed by atoms with Gasteiger partial charge >= 0.3 is 0 Å². The van der Waals surface area contributed by atoms with Crippen molar-refractivity contribution in [2.45, 2.75) is 65.4 Å². The number of unbranched alkanes of at least 4 members (excludes halogenated alkanes) is 4. The second kappa shape index (κ2) is 9.98. The lowest BCUT2D eigenvalue weighted by molar-refractivity contribution is 0.0984. The topological polar surface area (TPSA) is 33.0 Å². The summed E-state index contributed by atoms with van der Waals surface area (Å²) in [6.07, 6.45) is 7.42. The number of hydrogen-bond donors (Lipinski definition) is 0. The Labute approximate surface area is 94.6 Å². The molecule has 0 amide bonds. The first kappa shape index (κ1) is 14.5. The van der Waals surface area contributed by atoms with Crippen LogP contribution in [0.15, 0.2) is 0 Å². The normalized spacial score (nSPS) is 12.7. The van der Waals surface area contributed by atoms with Crippen LogP contribution >= 0.6 is 0 Å². The van der Waals surface area contributed by atoms with Crippen molar-refractivity contribution in [2.75, 3.05) is 6.61 Å². The first-order chi connectivity index (χ1) is 7.16. The molecule has 0 fully saturated rings. The average Bonchev–Trinajstić information content (AvgIpc) is 2.21. The molecule has 1 atom stereocenters. The SMILES string of the molecule is CC(C)CCCCCCCOC(C)C#N. The van der Waals surface area contributed by atoms with Crippen LogP contribution in [0, 0.1) is 17.2 Å². The molecule has 0 N–H and O–H groups in total. The molecular formula is C13H25NO. The zero-order valence-electron chi connectivity index (χ0n) is 10.5. The predicted octanol–water partition coefficient (Wildman–Crippen LogP) is 3.91. The van der Waals surface area contributed by atoms with Gasteiger partial charge in [0.25, 0.3) is 0 Å². The van der Waals surface area contributed by atoms with Crippen LogP contribution in [0.2, 0.25) is 0 Å². The lowest BCUT2D eigenvalue weighted by Crippen LogP contribution is -2.05. The van der Waals surface area contributed by atoms with Crippen molar-refractivity contribution in [1.29, 1.82) is 5.26 Å². The summed E-state index contributed by atoms with van der Waals surface area (Å²) in [4.78, 5) is 0. The van der Waals surface area contributed by atoms with Crippen LogP contribution in [0.5, 0.6) is 0 Å². The fourth-order valence-electron chi connectivity index (χ4n) is 1.48. The Balaban J connectivity index is 3.03. The summed E-state index contributed by atoms with van der Waals surface area (Å²) in [6.45, 7) is 7.08.